The molecule has 9 heteroatoms. The molecule has 0 aliphatic carbocycles. The maximum atomic E-state index is 13.0. The molecule has 2 aromatic rings. The third kappa shape index (κ3) is 4.50. The smallest absolute Gasteiger partial charge is 0.288 e. The van der Waals surface area contributed by atoms with E-state index >= 15 is 0 Å². The van der Waals surface area contributed by atoms with E-state index in [-0.39, 0.29) is 18.3 Å². The lowest BCUT2D eigenvalue weighted by molar-refractivity contribution is -0.126. The lowest BCUT2D eigenvalue weighted by Crippen LogP contribution is -2.52. The van der Waals surface area contributed by atoms with Crippen LogP contribution in [0.25, 0.3) is 0 Å². The summed E-state index contributed by atoms with van der Waals surface area (Å²) in [5.41, 5.74) is -0.253. The fourth-order valence-corrected chi connectivity index (χ4v) is 3.48. The number of hydrogen-bond donors (Lipinski definition) is 2. The van der Waals surface area contributed by atoms with Crippen molar-refractivity contribution in [2.75, 3.05) is 18.4 Å². The summed E-state index contributed by atoms with van der Waals surface area (Å²) >= 11 is 0.460. The highest BCUT2D eigenvalue weighted by Crippen LogP contribution is 2.30. The van der Waals surface area contributed by atoms with Crippen molar-refractivity contribution in [3.63, 3.8) is 0 Å². The molecule has 3 rings (SSSR count). The highest BCUT2D eigenvalue weighted by Gasteiger charge is 2.42. The number of halogens is 3. The van der Waals surface area contributed by atoms with Gasteiger partial charge in [0.05, 0.1) is 0 Å². The molecule has 2 heterocycles. The summed E-state index contributed by atoms with van der Waals surface area (Å²) in [4.78, 5) is 13.4. The topological polar surface area (TPSA) is 59.0 Å². The molecule has 1 fully saturated rings. The predicted octanol–water partition coefficient (Wildman–Crippen LogP) is 3.34. The van der Waals surface area contributed by atoms with E-state index < -0.39 is 11.3 Å². The van der Waals surface area contributed by atoms with Gasteiger partial charge in [0.1, 0.15) is 5.54 Å². The first-order valence-electron chi connectivity index (χ1n) is 7.67. The monoisotopic (exact) mass is 388 g/mol. The number of nitrogens with zero attached hydrogens (tertiary/aromatic N) is 2. The van der Waals surface area contributed by atoms with Crippen molar-refractivity contribution in [1.29, 1.82) is 0 Å². The number of carbonyl (C=O) groups is 1. The Labute approximate surface area is 155 Å². The number of rotatable bonds is 5. The van der Waals surface area contributed by atoms with E-state index in [2.05, 4.69) is 15.7 Å². The first-order valence-corrected chi connectivity index (χ1v) is 8.55. The average molecular weight is 389 g/mol. The second kappa shape index (κ2) is 8.64. The van der Waals surface area contributed by atoms with Gasteiger partial charge in [-0.3, -0.25) is 9.48 Å². The standard InChI is InChI=1S/C16H18F2N4OS.ClH/c17-15(18)24-13-4-1-3-12(11-13)21-14(23)16(5-8-19-9-6-16)22-10-2-7-20-22;/h1-4,7,10-11,15,19H,5-6,8-9H2,(H,21,23);1H. The van der Waals surface area contributed by atoms with Crippen molar-refractivity contribution >= 4 is 35.8 Å². The van der Waals surface area contributed by atoms with Crippen LogP contribution >= 0.6 is 24.2 Å². The number of amides is 1. The summed E-state index contributed by atoms with van der Waals surface area (Å²) in [6, 6.07) is 8.30. The maximum Gasteiger partial charge on any atom is 0.288 e. The van der Waals surface area contributed by atoms with E-state index in [0.29, 0.717) is 48.3 Å². The van der Waals surface area contributed by atoms with Crippen molar-refractivity contribution in [3.8, 4) is 0 Å². The normalized spacial score (nSPS) is 16.3. The van der Waals surface area contributed by atoms with Crippen LogP contribution in [0.1, 0.15) is 12.8 Å². The number of piperidine rings is 1. The molecule has 5 nitrogen and oxygen atoms in total. The molecule has 1 aliphatic heterocycles. The van der Waals surface area contributed by atoms with E-state index in [9.17, 15) is 13.6 Å². The Bertz CT molecular complexity index is 693. The zero-order valence-corrected chi connectivity index (χ0v) is 15.0. The molecule has 0 radical (unpaired) electrons. The Kier molecular flexibility index (Phi) is 6.80. The second-order valence-electron chi connectivity index (χ2n) is 5.59. The molecule has 0 unspecified atom stereocenters. The van der Waals surface area contributed by atoms with E-state index in [0.717, 1.165) is 0 Å². The Hall–Kier alpha value is -1.64. The van der Waals surface area contributed by atoms with Gasteiger partial charge < -0.3 is 10.6 Å². The molecule has 0 saturated carbocycles. The summed E-state index contributed by atoms with van der Waals surface area (Å²) in [6.07, 6.45) is 4.67. The summed E-state index contributed by atoms with van der Waals surface area (Å²) in [7, 11) is 0. The second-order valence-corrected chi connectivity index (χ2v) is 6.66. The minimum absolute atomic E-state index is 0. The van der Waals surface area contributed by atoms with Crippen molar-refractivity contribution < 1.29 is 13.6 Å². The van der Waals surface area contributed by atoms with Gasteiger partial charge in [0, 0.05) is 23.0 Å². The van der Waals surface area contributed by atoms with Crippen LogP contribution in [0.3, 0.4) is 0 Å². The van der Waals surface area contributed by atoms with E-state index in [4.69, 9.17) is 0 Å². The molecule has 25 heavy (non-hydrogen) atoms. The Morgan fingerprint density at radius 1 is 1.32 bits per heavy atom. The van der Waals surface area contributed by atoms with Crippen LogP contribution < -0.4 is 10.6 Å². The van der Waals surface area contributed by atoms with Gasteiger partial charge in [-0.1, -0.05) is 17.8 Å². The summed E-state index contributed by atoms with van der Waals surface area (Å²) in [6.45, 7) is 1.43. The summed E-state index contributed by atoms with van der Waals surface area (Å²) in [5.74, 6) is -2.66. The number of nitrogens with one attached hydrogen (secondary N) is 2. The van der Waals surface area contributed by atoms with E-state index in [1.54, 1.807) is 47.4 Å². The van der Waals surface area contributed by atoms with Crippen LogP contribution in [-0.4, -0.2) is 34.5 Å². The summed E-state index contributed by atoms with van der Waals surface area (Å²) < 4.78 is 26.7. The highest BCUT2D eigenvalue weighted by molar-refractivity contribution is 7.99. The van der Waals surface area contributed by atoms with Gasteiger partial charge >= 0.3 is 0 Å². The number of carbonyl (C=O) groups excluding carboxylic acids is 1. The van der Waals surface area contributed by atoms with Gasteiger partial charge in [0.25, 0.3) is 11.7 Å². The van der Waals surface area contributed by atoms with Gasteiger partial charge in [-0.05, 0) is 50.2 Å². The van der Waals surface area contributed by atoms with Gasteiger partial charge in [0.15, 0.2) is 0 Å². The molecule has 0 atom stereocenters. The lowest BCUT2D eigenvalue weighted by Gasteiger charge is -2.36. The number of anilines is 1. The largest absolute Gasteiger partial charge is 0.324 e. The van der Waals surface area contributed by atoms with Crippen LogP contribution in [0, 0.1) is 0 Å². The van der Waals surface area contributed by atoms with Gasteiger partial charge in [-0.2, -0.15) is 13.9 Å². The number of thioether (sulfide) groups is 1. The van der Waals surface area contributed by atoms with Gasteiger partial charge in [-0.25, -0.2) is 0 Å². The number of hydrogen-bond acceptors (Lipinski definition) is 4. The van der Waals surface area contributed by atoms with Crippen LogP contribution in [0.5, 0.6) is 0 Å². The van der Waals surface area contributed by atoms with Gasteiger partial charge in [0.2, 0.25) is 0 Å². The first-order chi connectivity index (χ1) is 11.6. The third-order valence-electron chi connectivity index (χ3n) is 4.11. The third-order valence-corrected chi connectivity index (χ3v) is 4.82. The van der Waals surface area contributed by atoms with Crippen LogP contribution in [0.2, 0.25) is 0 Å². The average Bonchev–Trinajstić information content (AvgIpc) is 3.10. The minimum Gasteiger partial charge on any atom is -0.324 e. The lowest BCUT2D eigenvalue weighted by atomic mass is 9.87. The number of alkyl halides is 2. The van der Waals surface area contributed by atoms with Crippen molar-refractivity contribution in [2.24, 2.45) is 0 Å². The van der Waals surface area contributed by atoms with Crippen LogP contribution in [0.4, 0.5) is 14.5 Å². The van der Waals surface area contributed by atoms with Crippen LogP contribution in [-0.2, 0) is 10.3 Å². The SMILES string of the molecule is Cl.O=C(Nc1cccc(SC(F)F)c1)C1(n2cccn2)CCNCC1. The van der Waals surface area contributed by atoms with Crippen molar-refractivity contribution in [3.05, 3.63) is 42.7 Å². The highest BCUT2D eigenvalue weighted by atomic mass is 35.5. The molecule has 2 N–H and O–H groups in total. The summed E-state index contributed by atoms with van der Waals surface area (Å²) in [5, 5.41) is 10.4. The fraction of sp³-hybridized carbons (Fsp3) is 0.375. The zero-order chi connectivity index (χ0) is 17.0. The Morgan fingerprint density at radius 3 is 2.72 bits per heavy atom. The van der Waals surface area contributed by atoms with Crippen molar-refractivity contribution in [1.82, 2.24) is 15.1 Å². The molecule has 136 valence electrons. The first kappa shape index (κ1) is 19.7. The molecule has 0 spiro atoms. The Balaban J connectivity index is 0.00000225. The van der Waals surface area contributed by atoms with Crippen molar-refractivity contribution in [2.45, 2.75) is 29.0 Å². The van der Waals surface area contributed by atoms with Crippen LogP contribution in [0.15, 0.2) is 47.6 Å². The number of benzene rings is 1. The van der Waals surface area contributed by atoms with E-state index in [1.807, 2.05) is 0 Å². The molecular weight excluding hydrogens is 370 g/mol. The molecule has 1 aromatic carbocycles. The molecule has 1 saturated heterocycles. The van der Waals surface area contributed by atoms with Gasteiger partial charge in [-0.15, -0.1) is 12.4 Å². The molecular formula is C16H19ClF2N4OS. The molecule has 1 aromatic heterocycles. The maximum absolute atomic E-state index is 13.0. The molecule has 1 amide bonds. The predicted molar refractivity (Wildman–Crippen MR) is 96.5 cm³/mol. The minimum atomic E-state index is -2.49. The molecule has 0 bridgehead atoms. The fourth-order valence-electron chi connectivity index (χ4n) is 2.92. The Morgan fingerprint density at radius 2 is 2.08 bits per heavy atom. The van der Waals surface area contributed by atoms with E-state index in [1.165, 1.54) is 0 Å². The molecule has 1 aliphatic rings. The quantitative estimate of drug-likeness (QED) is 0.771. The number of aromatic nitrogens is 2. The zero-order valence-electron chi connectivity index (χ0n) is 13.3.